The lowest BCUT2D eigenvalue weighted by molar-refractivity contribution is -0.144. The Morgan fingerprint density at radius 1 is 0.673 bits per heavy atom. The number of amides is 5. The highest BCUT2D eigenvalue weighted by Crippen LogP contribution is 2.09. The van der Waals surface area contributed by atoms with E-state index in [1.54, 1.807) is 37.3 Å². The van der Waals surface area contributed by atoms with Gasteiger partial charge in [-0.15, -0.1) is 0 Å². The van der Waals surface area contributed by atoms with Crippen LogP contribution in [0.25, 0.3) is 0 Å². The van der Waals surface area contributed by atoms with Crippen LogP contribution >= 0.6 is 0 Å². The number of nitrogens with two attached hydrogens (primary N) is 1. The largest absolute Gasteiger partial charge is 0.481 e. The van der Waals surface area contributed by atoms with Crippen LogP contribution in [0.5, 0.6) is 0 Å². The van der Waals surface area contributed by atoms with E-state index in [-0.39, 0.29) is 12.3 Å². The first-order chi connectivity index (χ1) is 22.9. The van der Waals surface area contributed by atoms with Crippen LogP contribution in [-0.4, -0.2) is 99.0 Å². The number of carboxylic acid groups (broad SMARTS) is 3. The molecule has 0 radical (unpaired) electrons. The number of hydrogen-bond donors (Lipinski definition) is 9. The van der Waals surface area contributed by atoms with Crippen molar-refractivity contribution in [1.82, 2.24) is 26.6 Å². The van der Waals surface area contributed by atoms with Gasteiger partial charge < -0.3 is 47.6 Å². The molecule has 0 spiro atoms. The summed E-state index contributed by atoms with van der Waals surface area (Å²) < 4.78 is 0. The second kappa shape index (κ2) is 20.3. The summed E-state index contributed by atoms with van der Waals surface area (Å²) in [6, 6.07) is 0.561. The van der Waals surface area contributed by atoms with Crippen molar-refractivity contribution in [1.29, 1.82) is 0 Å². The van der Waals surface area contributed by atoms with Crippen LogP contribution < -0.4 is 32.3 Å². The molecule has 0 aliphatic heterocycles. The average molecular weight is 693 g/mol. The molecule has 5 amide bonds. The number of carbonyl (C=O) groups excluding carboxylic acids is 5. The first-order valence-corrected chi connectivity index (χ1v) is 15.9. The molecular weight excluding hydrogens is 644 g/mol. The molecule has 0 saturated heterocycles. The van der Waals surface area contributed by atoms with Gasteiger partial charge in [0.2, 0.25) is 29.5 Å². The Hall–Kier alpha value is -5.06. The molecule has 1 aromatic rings. The molecule has 0 saturated carbocycles. The van der Waals surface area contributed by atoms with Crippen molar-refractivity contribution in [3.8, 4) is 0 Å². The SMILES string of the molecule is CC[C@H](C)[C@H](N)C(=O)N[C@@H](Cc1ccccc1)C(=O)N[C@@H](C)C(=O)N[C@@H](CCC(=O)O)C(=O)N[C@@H](CC(=O)O)C(=O)N[C@H](C(=O)O)C(C)C. The van der Waals surface area contributed by atoms with E-state index in [1.807, 2.05) is 6.92 Å². The Bertz CT molecular complexity index is 1340. The van der Waals surface area contributed by atoms with Crippen molar-refractivity contribution in [2.24, 2.45) is 17.6 Å². The minimum atomic E-state index is -1.78. The lowest BCUT2D eigenvalue weighted by Crippen LogP contribution is -2.59. The Balaban J connectivity index is 3.16. The molecule has 17 heteroatoms. The predicted molar refractivity (Wildman–Crippen MR) is 175 cm³/mol. The number of hydrogen-bond acceptors (Lipinski definition) is 9. The van der Waals surface area contributed by atoms with E-state index in [9.17, 15) is 53.7 Å². The van der Waals surface area contributed by atoms with Gasteiger partial charge in [0.25, 0.3) is 0 Å². The fraction of sp³-hybridized carbons (Fsp3) is 0.562. The monoisotopic (exact) mass is 692 g/mol. The summed E-state index contributed by atoms with van der Waals surface area (Å²) in [6.07, 6.45) is -1.40. The minimum absolute atomic E-state index is 0.0518. The number of benzene rings is 1. The summed E-state index contributed by atoms with van der Waals surface area (Å²) in [5.74, 6) is -9.53. The van der Waals surface area contributed by atoms with E-state index in [2.05, 4.69) is 26.6 Å². The topological polar surface area (TPSA) is 283 Å². The smallest absolute Gasteiger partial charge is 0.326 e. The van der Waals surface area contributed by atoms with Gasteiger partial charge in [-0.1, -0.05) is 64.4 Å². The number of carbonyl (C=O) groups is 8. The molecule has 0 heterocycles. The van der Waals surface area contributed by atoms with Gasteiger partial charge in [0.05, 0.1) is 12.5 Å². The molecule has 7 atom stereocenters. The zero-order valence-electron chi connectivity index (χ0n) is 28.2. The minimum Gasteiger partial charge on any atom is -0.481 e. The Labute approximate surface area is 284 Å². The van der Waals surface area contributed by atoms with Gasteiger partial charge in [0.1, 0.15) is 30.2 Å². The second-order valence-electron chi connectivity index (χ2n) is 12.1. The fourth-order valence-corrected chi connectivity index (χ4v) is 4.48. The summed E-state index contributed by atoms with van der Waals surface area (Å²) in [5, 5.41) is 39.6. The molecule has 1 rings (SSSR count). The van der Waals surface area contributed by atoms with Crippen molar-refractivity contribution >= 4 is 47.4 Å². The summed E-state index contributed by atoms with van der Waals surface area (Å²) >= 11 is 0. The highest BCUT2D eigenvalue weighted by Gasteiger charge is 2.34. The van der Waals surface area contributed by atoms with Crippen molar-refractivity contribution in [3.63, 3.8) is 0 Å². The fourth-order valence-electron chi connectivity index (χ4n) is 4.48. The van der Waals surface area contributed by atoms with Crippen LogP contribution in [0.15, 0.2) is 30.3 Å². The van der Waals surface area contributed by atoms with Crippen molar-refractivity contribution < 1.29 is 53.7 Å². The number of nitrogens with one attached hydrogen (secondary N) is 5. The van der Waals surface area contributed by atoms with Gasteiger partial charge in [0.15, 0.2) is 0 Å². The third-order valence-electron chi connectivity index (χ3n) is 7.75. The second-order valence-corrected chi connectivity index (χ2v) is 12.1. The quantitative estimate of drug-likeness (QED) is 0.0760. The molecule has 0 fully saturated rings. The van der Waals surface area contributed by atoms with Crippen LogP contribution in [0.4, 0.5) is 0 Å². The van der Waals surface area contributed by atoms with E-state index in [1.165, 1.54) is 20.8 Å². The van der Waals surface area contributed by atoms with Gasteiger partial charge >= 0.3 is 17.9 Å². The molecule has 0 unspecified atom stereocenters. The maximum atomic E-state index is 13.4. The third kappa shape index (κ3) is 14.7. The van der Waals surface area contributed by atoms with Gasteiger partial charge in [-0.25, -0.2) is 4.79 Å². The van der Waals surface area contributed by atoms with E-state index in [0.717, 1.165) is 0 Å². The van der Waals surface area contributed by atoms with Gasteiger partial charge in [-0.3, -0.25) is 33.6 Å². The highest BCUT2D eigenvalue weighted by molar-refractivity contribution is 5.97. The molecule has 17 nitrogen and oxygen atoms in total. The molecule has 49 heavy (non-hydrogen) atoms. The van der Waals surface area contributed by atoms with Crippen molar-refractivity contribution in [3.05, 3.63) is 35.9 Å². The maximum Gasteiger partial charge on any atom is 0.326 e. The van der Waals surface area contributed by atoms with Crippen LogP contribution in [0.2, 0.25) is 0 Å². The molecule has 1 aromatic carbocycles. The van der Waals surface area contributed by atoms with Crippen molar-refractivity contribution in [2.75, 3.05) is 0 Å². The van der Waals surface area contributed by atoms with Crippen LogP contribution in [-0.2, 0) is 44.8 Å². The zero-order chi connectivity index (χ0) is 37.4. The maximum absolute atomic E-state index is 13.4. The Kier molecular flexibility index (Phi) is 17.4. The standard InChI is InChI=1S/C32H48N6O11/c1-6-17(4)25(33)31(47)37-21(14-19-10-8-7-9-11-19)29(45)34-18(5)27(43)35-20(12-13-23(39)40)28(44)36-22(15-24(41)42)30(46)38-26(16(2)3)32(48)49/h7-11,16-18,20-22,25-26H,6,12-15,33H2,1-5H3,(H,34,45)(H,35,43)(H,36,44)(H,37,47)(H,38,46)(H,39,40)(H,41,42)(H,48,49)/t17-,18-,20-,21-,22-,25-,26-/m0/s1. The van der Waals surface area contributed by atoms with Crippen LogP contribution in [0.1, 0.15) is 65.9 Å². The molecule has 0 aliphatic rings. The molecular formula is C32H48N6O11. The lowest BCUT2D eigenvalue weighted by atomic mass is 9.98. The summed E-state index contributed by atoms with van der Waals surface area (Å²) in [5.41, 5.74) is 6.75. The number of aliphatic carboxylic acids is 3. The number of carboxylic acids is 3. The third-order valence-corrected chi connectivity index (χ3v) is 7.75. The zero-order valence-corrected chi connectivity index (χ0v) is 28.2. The summed E-state index contributed by atoms with van der Waals surface area (Å²) in [4.78, 5) is 99.7. The molecule has 0 aliphatic carbocycles. The molecule has 0 bridgehead atoms. The van der Waals surface area contributed by atoms with Gasteiger partial charge in [-0.05, 0) is 30.7 Å². The first kappa shape index (κ1) is 42.0. The average Bonchev–Trinajstić information content (AvgIpc) is 3.03. The van der Waals surface area contributed by atoms with E-state index in [4.69, 9.17) is 5.73 Å². The van der Waals surface area contributed by atoms with E-state index < -0.39 is 109 Å². The van der Waals surface area contributed by atoms with Crippen LogP contribution in [0.3, 0.4) is 0 Å². The molecule has 10 N–H and O–H groups in total. The summed E-state index contributed by atoms with van der Waals surface area (Å²) in [7, 11) is 0. The number of rotatable bonds is 21. The van der Waals surface area contributed by atoms with Crippen molar-refractivity contribution in [2.45, 2.75) is 103 Å². The Morgan fingerprint density at radius 2 is 1.20 bits per heavy atom. The normalized spacial score (nSPS) is 15.2. The van der Waals surface area contributed by atoms with Gasteiger partial charge in [0, 0.05) is 12.8 Å². The highest BCUT2D eigenvalue weighted by atomic mass is 16.4. The summed E-state index contributed by atoms with van der Waals surface area (Å²) in [6.45, 7) is 7.93. The van der Waals surface area contributed by atoms with Crippen LogP contribution in [0, 0.1) is 11.8 Å². The van der Waals surface area contributed by atoms with E-state index in [0.29, 0.717) is 12.0 Å². The molecule has 272 valence electrons. The predicted octanol–water partition coefficient (Wildman–Crippen LogP) is -0.873. The Morgan fingerprint density at radius 3 is 1.71 bits per heavy atom. The van der Waals surface area contributed by atoms with Gasteiger partial charge in [-0.2, -0.15) is 0 Å². The molecule has 0 aromatic heterocycles. The van der Waals surface area contributed by atoms with E-state index >= 15 is 0 Å². The lowest BCUT2D eigenvalue weighted by Gasteiger charge is -2.26. The first-order valence-electron chi connectivity index (χ1n) is 15.9.